The van der Waals surface area contributed by atoms with Crippen molar-refractivity contribution in [2.24, 2.45) is 0 Å². The summed E-state index contributed by atoms with van der Waals surface area (Å²) in [6.45, 7) is -0.367. The van der Waals surface area contributed by atoms with Crippen molar-refractivity contribution < 1.29 is 39.9 Å². The number of likely N-dealkylation sites (tertiary alicyclic amines) is 2. The highest BCUT2D eigenvalue weighted by molar-refractivity contribution is 8.01. The summed E-state index contributed by atoms with van der Waals surface area (Å²) in [5.41, 5.74) is 0. The Morgan fingerprint density at radius 2 is 1.84 bits per heavy atom. The van der Waals surface area contributed by atoms with E-state index in [-0.39, 0.29) is 31.8 Å². The Bertz CT molecular complexity index is 533. The van der Waals surface area contributed by atoms with Crippen molar-refractivity contribution in [3.63, 3.8) is 0 Å². The van der Waals surface area contributed by atoms with E-state index in [4.69, 9.17) is 5.11 Å². The number of carboxylic acid groups (broad SMARTS) is 1. The van der Waals surface area contributed by atoms with E-state index in [1.54, 1.807) is 0 Å². The number of carbonyl (C=O) groups is 3. The van der Waals surface area contributed by atoms with Gasteiger partial charge in [-0.1, -0.05) is 0 Å². The molecule has 0 aromatic carbocycles. The smallest absolute Gasteiger partial charge is 0.313 e. The lowest BCUT2D eigenvalue weighted by Gasteiger charge is -2.43. The van der Waals surface area contributed by atoms with Crippen LogP contribution in [0.15, 0.2) is 0 Å². The van der Waals surface area contributed by atoms with Crippen LogP contribution in [0.25, 0.3) is 0 Å². The molecule has 11 heteroatoms. The lowest BCUT2D eigenvalue weighted by Crippen LogP contribution is -2.63. The van der Waals surface area contributed by atoms with Crippen molar-refractivity contribution >= 4 is 29.5 Å². The average molecular weight is 378 g/mol. The first-order chi connectivity index (χ1) is 11.8. The molecule has 0 bridgehead atoms. The zero-order chi connectivity index (χ0) is 18.7. The van der Waals surface area contributed by atoms with Crippen molar-refractivity contribution in [3.8, 4) is 0 Å². The van der Waals surface area contributed by atoms with Crippen molar-refractivity contribution in [3.05, 3.63) is 0 Å². The zero-order valence-corrected chi connectivity index (χ0v) is 14.2. The molecule has 2 rings (SSSR count). The van der Waals surface area contributed by atoms with Gasteiger partial charge in [0, 0.05) is 26.1 Å². The Morgan fingerprint density at radius 3 is 2.44 bits per heavy atom. The molecule has 0 aliphatic carbocycles. The molecule has 0 radical (unpaired) electrons. The topological polar surface area (TPSA) is 159 Å². The maximum Gasteiger partial charge on any atom is 0.313 e. The molecule has 2 aliphatic heterocycles. The van der Waals surface area contributed by atoms with Gasteiger partial charge in [-0.3, -0.25) is 24.2 Å². The van der Waals surface area contributed by atoms with E-state index in [1.165, 1.54) is 4.90 Å². The molecule has 2 amide bonds. The number of rotatable bonds is 7. The Hall–Kier alpha value is -1.24. The monoisotopic (exact) mass is 378 g/mol. The number of amides is 2. The predicted octanol–water partition coefficient (Wildman–Crippen LogP) is -3.31. The van der Waals surface area contributed by atoms with Crippen LogP contribution in [-0.2, 0) is 14.4 Å². The summed E-state index contributed by atoms with van der Waals surface area (Å²) >= 11 is 0.897. The number of aliphatic hydroxyl groups is 4. The summed E-state index contributed by atoms with van der Waals surface area (Å²) in [7, 11) is 0. The first-order valence-corrected chi connectivity index (χ1v) is 8.87. The van der Waals surface area contributed by atoms with Gasteiger partial charge in [0.1, 0.15) is 12.2 Å². The van der Waals surface area contributed by atoms with E-state index < -0.39 is 54.0 Å². The molecule has 0 aromatic heterocycles. The van der Waals surface area contributed by atoms with Crippen LogP contribution in [0.2, 0.25) is 0 Å². The van der Waals surface area contributed by atoms with Crippen LogP contribution in [0.3, 0.4) is 0 Å². The van der Waals surface area contributed by atoms with Gasteiger partial charge in [0.05, 0.1) is 29.8 Å². The minimum atomic E-state index is -1.37. The summed E-state index contributed by atoms with van der Waals surface area (Å²) in [6, 6.07) is -0.816. The van der Waals surface area contributed by atoms with Crippen LogP contribution in [0.5, 0.6) is 0 Å². The number of β-amino-alcohol motifs (C(OH)–C–C–N with tert-alkyl or cyclic N) is 1. The van der Waals surface area contributed by atoms with Gasteiger partial charge in [-0.2, -0.15) is 0 Å². The van der Waals surface area contributed by atoms with Crippen molar-refractivity contribution in [2.45, 2.75) is 36.0 Å². The summed E-state index contributed by atoms with van der Waals surface area (Å²) in [4.78, 5) is 37.3. The molecule has 0 saturated carbocycles. The van der Waals surface area contributed by atoms with Crippen LogP contribution in [0, 0.1) is 0 Å². The third-order valence-corrected chi connectivity index (χ3v) is 5.62. The van der Waals surface area contributed by atoms with Gasteiger partial charge in [-0.25, -0.2) is 0 Å². The number of carbonyl (C=O) groups excluding carboxylic acids is 2. The number of aliphatic hydroxyl groups excluding tert-OH is 4. The molecule has 2 fully saturated rings. The van der Waals surface area contributed by atoms with Gasteiger partial charge in [0.2, 0.25) is 11.8 Å². The van der Waals surface area contributed by atoms with E-state index in [2.05, 4.69) is 0 Å². The average Bonchev–Trinajstić information content (AvgIpc) is 2.82. The lowest BCUT2D eigenvalue weighted by molar-refractivity contribution is -0.149. The number of imide groups is 1. The molecule has 1 unspecified atom stereocenters. The number of nitrogens with zero attached hydrogens (tertiary/aromatic N) is 2. The summed E-state index contributed by atoms with van der Waals surface area (Å²) in [6.07, 6.45) is -4.00. The second-order valence-electron chi connectivity index (χ2n) is 6.07. The van der Waals surface area contributed by atoms with Crippen LogP contribution in [-0.4, -0.2) is 115 Å². The Morgan fingerprint density at radius 1 is 1.16 bits per heavy atom. The number of piperidine rings is 1. The molecule has 5 atom stereocenters. The van der Waals surface area contributed by atoms with Crippen LogP contribution in [0.4, 0.5) is 0 Å². The molecule has 0 spiro atoms. The quantitative estimate of drug-likeness (QED) is 0.284. The molecule has 10 nitrogen and oxygen atoms in total. The van der Waals surface area contributed by atoms with E-state index in [0.29, 0.717) is 0 Å². The number of thioether (sulfide) groups is 1. The lowest BCUT2D eigenvalue weighted by atomic mass is 9.94. The number of hydrogen-bond acceptors (Lipinski definition) is 9. The van der Waals surface area contributed by atoms with Gasteiger partial charge in [-0.15, -0.1) is 11.8 Å². The Kier molecular flexibility index (Phi) is 6.77. The van der Waals surface area contributed by atoms with E-state index >= 15 is 0 Å². The van der Waals surface area contributed by atoms with Crippen molar-refractivity contribution in [1.82, 2.24) is 9.80 Å². The first-order valence-electron chi connectivity index (χ1n) is 7.83. The molecule has 0 aromatic rings. The molecular formula is C14H22N2O8S. The van der Waals surface area contributed by atoms with Crippen molar-refractivity contribution in [1.29, 1.82) is 0 Å². The maximum absolute atomic E-state index is 12.2. The van der Waals surface area contributed by atoms with Crippen molar-refractivity contribution in [2.75, 3.05) is 32.0 Å². The van der Waals surface area contributed by atoms with E-state index in [9.17, 15) is 34.8 Å². The fourth-order valence-electron chi connectivity index (χ4n) is 3.05. The largest absolute Gasteiger partial charge is 0.481 e. The maximum atomic E-state index is 12.2. The molecule has 25 heavy (non-hydrogen) atoms. The van der Waals surface area contributed by atoms with Gasteiger partial charge in [-0.05, 0) is 0 Å². The van der Waals surface area contributed by atoms with Gasteiger partial charge in [0.25, 0.3) is 0 Å². The first kappa shape index (κ1) is 20.1. The molecular weight excluding hydrogens is 356 g/mol. The second kappa shape index (κ2) is 8.43. The molecule has 2 heterocycles. The minimum Gasteiger partial charge on any atom is -0.481 e. The molecule has 142 valence electrons. The van der Waals surface area contributed by atoms with E-state index in [1.807, 2.05) is 0 Å². The van der Waals surface area contributed by atoms with E-state index in [0.717, 1.165) is 16.7 Å². The third-order valence-electron chi connectivity index (χ3n) is 4.44. The van der Waals surface area contributed by atoms with Crippen LogP contribution < -0.4 is 0 Å². The standard InChI is InChI=1S/C14H22N2O8S/c17-5-7-12(22)13(23)8(18)4-15(7)1-2-16-10(19)3-9(14(16)24)25-6-11(20)21/h7-9,12-13,17-18,22-23H,1-6H2,(H,20,21)/t7-,8-,9?,12-,13-/m1/s1. The normalized spacial score (nSPS) is 33.9. The number of hydrogen-bond donors (Lipinski definition) is 5. The SMILES string of the molecule is O=C(O)CSC1CC(=O)N(CCN2C[C@@H](O)[C@@H](O)[C@H](O)[C@H]2CO)C1=O. The van der Waals surface area contributed by atoms with Crippen LogP contribution >= 0.6 is 11.8 Å². The number of carboxylic acids is 1. The highest BCUT2D eigenvalue weighted by atomic mass is 32.2. The number of aliphatic carboxylic acids is 1. The summed E-state index contributed by atoms with van der Waals surface area (Å²) in [5.74, 6) is -2.21. The van der Waals surface area contributed by atoms with Gasteiger partial charge >= 0.3 is 5.97 Å². The predicted molar refractivity (Wildman–Crippen MR) is 85.7 cm³/mol. The van der Waals surface area contributed by atoms with Gasteiger partial charge in [0.15, 0.2) is 0 Å². The summed E-state index contributed by atoms with van der Waals surface area (Å²) in [5, 5.41) is 46.7. The highest BCUT2D eigenvalue weighted by Gasteiger charge is 2.43. The summed E-state index contributed by atoms with van der Waals surface area (Å²) < 4.78 is 0. The fourth-order valence-corrected chi connectivity index (χ4v) is 3.93. The Labute approximate surface area is 148 Å². The highest BCUT2D eigenvalue weighted by Crippen LogP contribution is 2.25. The molecule has 2 saturated heterocycles. The second-order valence-corrected chi connectivity index (χ2v) is 7.27. The zero-order valence-electron chi connectivity index (χ0n) is 13.4. The third kappa shape index (κ3) is 4.49. The molecule has 5 N–H and O–H groups in total. The Balaban J connectivity index is 1.94. The van der Waals surface area contributed by atoms with Gasteiger partial charge < -0.3 is 25.5 Å². The molecule has 2 aliphatic rings. The minimum absolute atomic E-state index is 0.00612. The van der Waals surface area contributed by atoms with Crippen LogP contribution in [0.1, 0.15) is 6.42 Å². The fraction of sp³-hybridized carbons (Fsp3) is 0.786.